The van der Waals surface area contributed by atoms with Crippen LogP contribution in [0.3, 0.4) is 0 Å². The normalized spacial score (nSPS) is 25.3. The van der Waals surface area contributed by atoms with Crippen molar-refractivity contribution in [2.45, 2.75) is 50.2 Å². The summed E-state index contributed by atoms with van der Waals surface area (Å²) >= 11 is 0.800. The van der Waals surface area contributed by atoms with E-state index in [-0.39, 0.29) is 32.6 Å². The number of aliphatic hydroxyl groups is 1. The highest BCUT2D eigenvalue weighted by atomic mass is 32.1. The number of aryl methyl sites for hydroxylation is 1. The van der Waals surface area contributed by atoms with E-state index in [1.165, 1.54) is 30.8 Å². The molecule has 8 nitrogen and oxygen atoms in total. The largest absolute Gasteiger partial charge is 0.389 e. The molecule has 1 aliphatic rings. The minimum atomic E-state index is -3.23. The van der Waals surface area contributed by atoms with Crippen LogP contribution < -0.4 is 16.8 Å². The summed E-state index contributed by atoms with van der Waals surface area (Å²) in [4.78, 5) is 4.11. The highest BCUT2D eigenvalue weighted by Crippen LogP contribution is 2.47. The van der Waals surface area contributed by atoms with Gasteiger partial charge in [-0.1, -0.05) is 17.4 Å². The number of alkyl halides is 2. The molecule has 1 fully saturated rings. The van der Waals surface area contributed by atoms with Crippen LogP contribution in [0, 0.1) is 11.6 Å². The van der Waals surface area contributed by atoms with Crippen molar-refractivity contribution < 1.29 is 27.4 Å². The van der Waals surface area contributed by atoms with E-state index in [0.717, 1.165) is 23.5 Å². The molecule has 4 atom stereocenters. The van der Waals surface area contributed by atoms with Gasteiger partial charge in [-0.25, -0.2) is 22.5 Å². The lowest BCUT2D eigenvalue weighted by Gasteiger charge is -2.46. The molecule has 4 rings (SSSR count). The van der Waals surface area contributed by atoms with E-state index in [9.17, 15) is 22.7 Å². The van der Waals surface area contributed by atoms with E-state index in [1.54, 1.807) is 7.05 Å². The van der Waals surface area contributed by atoms with Crippen molar-refractivity contribution in [3.05, 3.63) is 47.4 Å². The Morgan fingerprint density at radius 3 is 2.59 bits per heavy atom. The fraction of sp³-hybridized carbons (Fsp3) is 0.429. The van der Waals surface area contributed by atoms with Crippen LogP contribution in [0.4, 0.5) is 28.3 Å². The van der Waals surface area contributed by atoms with E-state index >= 15 is 0 Å². The average molecular weight is 501 g/mol. The summed E-state index contributed by atoms with van der Waals surface area (Å²) in [5.41, 5.74) is 9.93. The zero-order valence-electron chi connectivity index (χ0n) is 18.5. The van der Waals surface area contributed by atoms with Gasteiger partial charge in [-0.3, -0.25) is 4.68 Å². The van der Waals surface area contributed by atoms with Crippen molar-refractivity contribution in [2.24, 2.45) is 12.8 Å². The molecule has 34 heavy (non-hydrogen) atoms. The fourth-order valence-corrected chi connectivity index (χ4v) is 4.76. The molecule has 1 aromatic carbocycles. The molecule has 0 radical (unpaired) electrons. The summed E-state index contributed by atoms with van der Waals surface area (Å²) < 4.78 is 65.0. The number of rotatable bonds is 5. The number of nitrogens with two attached hydrogens (primary N) is 2. The first kappa shape index (κ1) is 24.4. The number of nitrogens with one attached hydrogen (secondary N) is 1. The third-order valence-corrected chi connectivity index (χ3v) is 7.06. The molecule has 6 N–H and O–H groups in total. The van der Waals surface area contributed by atoms with Gasteiger partial charge in [-0.05, 0) is 26.0 Å². The van der Waals surface area contributed by atoms with Crippen LogP contribution in [0.5, 0.6) is 0 Å². The molecular formula is C21H24F4N6O2S. The standard InChI is InChI=1S/C21H24F4N6O2S/c1-9-20(2,27)21(24,25)7-13(33-9)16-12(8-28-31(16)3)29-18(32)15-17(26)34-19(30-15)14-10(22)5-4-6-11(14)23/h4-6,8-9,13,18,29,32H,7,26-27H2,1-3H3/t9-,13-,18?,20+/m1/s1. The SMILES string of the molecule is C[C@H]1O[C@@H](c2c(NC(O)c3nc(-c4c(F)cccc4F)sc3N)cnn2C)CC(F)(F)[C@@]1(C)N. The molecule has 0 bridgehead atoms. The van der Waals surface area contributed by atoms with Crippen LogP contribution in [0.15, 0.2) is 24.4 Å². The van der Waals surface area contributed by atoms with Gasteiger partial charge in [0.1, 0.15) is 39.0 Å². The summed E-state index contributed by atoms with van der Waals surface area (Å²) in [6, 6.07) is 3.39. The lowest BCUT2D eigenvalue weighted by Crippen LogP contribution is -2.64. The topological polar surface area (TPSA) is 124 Å². The van der Waals surface area contributed by atoms with Gasteiger partial charge in [0, 0.05) is 13.5 Å². The van der Waals surface area contributed by atoms with Crippen LogP contribution in [0.1, 0.15) is 44.0 Å². The minimum absolute atomic E-state index is 0.0241. The third kappa shape index (κ3) is 4.02. The van der Waals surface area contributed by atoms with Gasteiger partial charge >= 0.3 is 0 Å². The summed E-state index contributed by atoms with van der Waals surface area (Å²) in [5, 5.41) is 17.5. The number of nitrogen functional groups attached to an aromatic ring is 1. The molecule has 1 aliphatic heterocycles. The van der Waals surface area contributed by atoms with E-state index in [2.05, 4.69) is 15.4 Å². The van der Waals surface area contributed by atoms with E-state index in [0.29, 0.717) is 0 Å². The lowest BCUT2D eigenvalue weighted by atomic mass is 9.82. The van der Waals surface area contributed by atoms with Gasteiger partial charge in [0.05, 0.1) is 29.2 Å². The van der Waals surface area contributed by atoms with Crippen molar-refractivity contribution in [3.63, 3.8) is 0 Å². The Labute approximate surface area is 196 Å². The molecule has 1 saturated heterocycles. The molecule has 0 saturated carbocycles. The maximum absolute atomic E-state index is 14.8. The zero-order valence-corrected chi connectivity index (χ0v) is 19.3. The first-order valence-electron chi connectivity index (χ1n) is 10.3. The van der Waals surface area contributed by atoms with Gasteiger partial charge in [0.25, 0.3) is 5.92 Å². The predicted molar refractivity (Wildman–Crippen MR) is 119 cm³/mol. The lowest BCUT2D eigenvalue weighted by molar-refractivity contribution is -0.211. The van der Waals surface area contributed by atoms with E-state index in [1.807, 2.05) is 0 Å². The number of hydrogen-bond acceptors (Lipinski definition) is 8. The van der Waals surface area contributed by atoms with Gasteiger partial charge < -0.3 is 26.6 Å². The predicted octanol–water partition coefficient (Wildman–Crippen LogP) is 3.71. The number of hydrogen-bond donors (Lipinski definition) is 4. The van der Waals surface area contributed by atoms with Crippen LogP contribution in [-0.4, -0.2) is 37.4 Å². The molecule has 13 heteroatoms. The van der Waals surface area contributed by atoms with Gasteiger partial charge in [0.2, 0.25) is 0 Å². The number of aromatic nitrogens is 3. The second-order valence-electron chi connectivity index (χ2n) is 8.44. The smallest absolute Gasteiger partial charge is 0.270 e. The maximum atomic E-state index is 14.8. The number of halogens is 4. The van der Waals surface area contributed by atoms with Gasteiger partial charge in [-0.2, -0.15) is 5.10 Å². The van der Waals surface area contributed by atoms with Crippen molar-refractivity contribution in [3.8, 4) is 10.6 Å². The summed E-state index contributed by atoms with van der Waals surface area (Å²) in [7, 11) is 1.55. The second kappa shape index (κ2) is 8.48. The van der Waals surface area contributed by atoms with Gasteiger partial charge in [0.15, 0.2) is 6.23 Å². The monoisotopic (exact) mass is 500 g/mol. The molecule has 0 amide bonds. The molecule has 0 aliphatic carbocycles. The quantitative estimate of drug-likeness (QED) is 0.311. The number of benzene rings is 1. The van der Waals surface area contributed by atoms with Crippen LogP contribution in [0.25, 0.3) is 10.6 Å². The first-order chi connectivity index (χ1) is 15.8. The van der Waals surface area contributed by atoms with Crippen molar-refractivity contribution >= 4 is 22.0 Å². The Morgan fingerprint density at radius 2 is 1.97 bits per heavy atom. The zero-order chi connectivity index (χ0) is 25.0. The van der Waals surface area contributed by atoms with Crippen LogP contribution in [-0.2, 0) is 11.8 Å². The Morgan fingerprint density at radius 1 is 1.32 bits per heavy atom. The first-order valence-corrected chi connectivity index (χ1v) is 11.1. The maximum Gasteiger partial charge on any atom is 0.270 e. The van der Waals surface area contributed by atoms with Crippen molar-refractivity contribution in [2.75, 3.05) is 11.1 Å². The Kier molecular flexibility index (Phi) is 6.09. The number of thiazole rings is 1. The molecular weight excluding hydrogens is 476 g/mol. The third-order valence-electron chi connectivity index (χ3n) is 6.14. The second-order valence-corrected chi connectivity index (χ2v) is 9.47. The van der Waals surface area contributed by atoms with Gasteiger partial charge in [-0.15, -0.1) is 0 Å². The van der Waals surface area contributed by atoms with Crippen molar-refractivity contribution in [1.82, 2.24) is 14.8 Å². The van der Waals surface area contributed by atoms with Crippen molar-refractivity contribution in [1.29, 1.82) is 0 Å². The minimum Gasteiger partial charge on any atom is -0.389 e. The molecule has 3 heterocycles. The van der Waals surface area contributed by atoms with E-state index in [4.69, 9.17) is 16.2 Å². The Hall–Kier alpha value is -2.74. The molecule has 3 aromatic rings. The number of aliphatic hydroxyl groups excluding tert-OH is 1. The highest BCUT2D eigenvalue weighted by Gasteiger charge is 2.57. The Balaban J connectivity index is 1.62. The summed E-state index contributed by atoms with van der Waals surface area (Å²) in [6.45, 7) is 2.71. The van der Waals surface area contributed by atoms with Crippen LogP contribution in [0.2, 0.25) is 0 Å². The highest BCUT2D eigenvalue weighted by molar-refractivity contribution is 7.18. The summed E-state index contributed by atoms with van der Waals surface area (Å²) in [5.74, 6) is -4.88. The summed E-state index contributed by atoms with van der Waals surface area (Å²) in [6.07, 6.45) is -2.92. The van der Waals surface area contributed by atoms with E-state index < -0.39 is 48.0 Å². The molecule has 184 valence electrons. The molecule has 1 unspecified atom stereocenters. The average Bonchev–Trinajstić information content (AvgIpc) is 3.28. The number of anilines is 2. The van der Waals surface area contributed by atoms with Crippen LogP contribution >= 0.6 is 11.3 Å². The molecule has 2 aromatic heterocycles. The number of nitrogens with zero attached hydrogens (tertiary/aromatic N) is 3. The number of ether oxygens (including phenoxy) is 1. The Bertz CT molecular complexity index is 1190. The fourth-order valence-electron chi connectivity index (χ4n) is 3.85. The molecule has 0 spiro atoms.